The number of esters is 1. The van der Waals surface area contributed by atoms with Gasteiger partial charge in [0.15, 0.2) is 0 Å². The maximum atomic E-state index is 11.2. The molecule has 0 saturated carbocycles. The Kier molecular flexibility index (Phi) is 4.31. The van der Waals surface area contributed by atoms with E-state index in [-0.39, 0.29) is 17.8 Å². The molecule has 0 bridgehead atoms. The second-order valence-electron chi connectivity index (χ2n) is 3.61. The SMILES string of the molecule is C=CC(C)NC(C)c1ccc(C(=O)OC)o1. The number of carbonyl (C=O) groups is 1. The minimum atomic E-state index is -0.463. The molecule has 1 N–H and O–H groups in total. The van der Waals surface area contributed by atoms with Gasteiger partial charge in [-0.25, -0.2) is 4.79 Å². The molecule has 1 heterocycles. The average Bonchev–Trinajstić information content (AvgIpc) is 2.77. The predicted octanol–water partition coefficient (Wildman–Crippen LogP) is 2.29. The monoisotopic (exact) mass is 223 g/mol. The van der Waals surface area contributed by atoms with Gasteiger partial charge in [0.1, 0.15) is 5.76 Å². The molecule has 2 atom stereocenters. The molecule has 2 unspecified atom stereocenters. The van der Waals surface area contributed by atoms with E-state index in [9.17, 15) is 4.79 Å². The topological polar surface area (TPSA) is 51.5 Å². The molecule has 16 heavy (non-hydrogen) atoms. The van der Waals surface area contributed by atoms with Crippen molar-refractivity contribution in [1.29, 1.82) is 0 Å². The third-order valence-electron chi connectivity index (χ3n) is 2.31. The highest BCUT2D eigenvalue weighted by Gasteiger charge is 2.15. The zero-order valence-electron chi connectivity index (χ0n) is 9.82. The molecule has 0 aliphatic carbocycles. The number of hydrogen-bond donors (Lipinski definition) is 1. The van der Waals surface area contributed by atoms with E-state index in [1.807, 2.05) is 13.8 Å². The number of rotatable bonds is 5. The lowest BCUT2D eigenvalue weighted by molar-refractivity contribution is 0.0562. The highest BCUT2D eigenvalue weighted by molar-refractivity contribution is 5.86. The predicted molar refractivity (Wildman–Crippen MR) is 61.3 cm³/mol. The van der Waals surface area contributed by atoms with Crippen molar-refractivity contribution >= 4 is 5.97 Å². The third kappa shape index (κ3) is 2.97. The fraction of sp³-hybridized carbons (Fsp3) is 0.417. The van der Waals surface area contributed by atoms with Crippen LogP contribution in [0.5, 0.6) is 0 Å². The largest absolute Gasteiger partial charge is 0.463 e. The first kappa shape index (κ1) is 12.5. The van der Waals surface area contributed by atoms with Gasteiger partial charge in [0.05, 0.1) is 13.2 Å². The van der Waals surface area contributed by atoms with Gasteiger partial charge in [0, 0.05) is 6.04 Å². The lowest BCUT2D eigenvalue weighted by atomic mass is 10.2. The van der Waals surface area contributed by atoms with Gasteiger partial charge in [-0.1, -0.05) is 6.08 Å². The van der Waals surface area contributed by atoms with E-state index in [1.54, 1.807) is 18.2 Å². The Balaban J connectivity index is 2.70. The van der Waals surface area contributed by atoms with Gasteiger partial charge in [-0.05, 0) is 26.0 Å². The molecular weight excluding hydrogens is 206 g/mol. The second-order valence-corrected chi connectivity index (χ2v) is 3.61. The maximum Gasteiger partial charge on any atom is 0.373 e. The smallest absolute Gasteiger partial charge is 0.373 e. The molecule has 1 aromatic heterocycles. The molecule has 0 fully saturated rings. The number of methoxy groups -OCH3 is 1. The molecule has 1 aromatic rings. The number of hydrogen-bond acceptors (Lipinski definition) is 4. The Morgan fingerprint density at radius 3 is 2.81 bits per heavy atom. The molecule has 0 aliphatic rings. The van der Waals surface area contributed by atoms with E-state index in [4.69, 9.17) is 4.42 Å². The Morgan fingerprint density at radius 2 is 2.25 bits per heavy atom. The van der Waals surface area contributed by atoms with Crippen LogP contribution in [-0.2, 0) is 4.74 Å². The quantitative estimate of drug-likeness (QED) is 0.614. The molecule has 0 saturated heterocycles. The summed E-state index contributed by atoms with van der Waals surface area (Å²) in [5, 5.41) is 3.25. The van der Waals surface area contributed by atoms with Gasteiger partial charge in [-0.15, -0.1) is 6.58 Å². The Hall–Kier alpha value is -1.55. The zero-order valence-corrected chi connectivity index (χ0v) is 9.82. The van der Waals surface area contributed by atoms with Crippen molar-refractivity contribution in [1.82, 2.24) is 5.32 Å². The van der Waals surface area contributed by atoms with Gasteiger partial charge < -0.3 is 14.5 Å². The van der Waals surface area contributed by atoms with Crippen molar-refractivity contribution in [2.75, 3.05) is 7.11 Å². The standard InChI is InChI=1S/C12H17NO3/c1-5-8(2)13-9(3)10-6-7-11(16-10)12(14)15-4/h5-9,13H,1H2,2-4H3. The van der Waals surface area contributed by atoms with Crippen LogP contribution in [0.1, 0.15) is 36.2 Å². The molecule has 0 aromatic carbocycles. The number of furan rings is 1. The van der Waals surface area contributed by atoms with Gasteiger partial charge in [-0.3, -0.25) is 0 Å². The van der Waals surface area contributed by atoms with Crippen LogP contribution in [-0.4, -0.2) is 19.1 Å². The van der Waals surface area contributed by atoms with Crippen LogP contribution in [0.4, 0.5) is 0 Å². The molecule has 4 heteroatoms. The van der Waals surface area contributed by atoms with Gasteiger partial charge >= 0.3 is 5.97 Å². The van der Waals surface area contributed by atoms with E-state index in [0.717, 1.165) is 0 Å². The minimum absolute atomic E-state index is 0.0198. The fourth-order valence-electron chi connectivity index (χ4n) is 1.34. The van der Waals surface area contributed by atoms with Crippen molar-refractivity contribution in [2.24, 2.45) is 0 Å². The molecule has 4 nitrogen and oxygen atoms in total. The lowest BCUT2D eigenvalue weighted by Gasteiger charge is -2.14. The Bertz CT molecular complexity index is 370. The molecule has 88 valence electrons. The molecule has 0 radical (unpaired) electrons. The summed E-state index contributed by atoms with van der Waals surface area (Å²) < 4.78 is 9.93. The van der Waals surface area contributed by atoms with Gasteiger partial charge in [-0.2, -0.15) is 0 Å². The number of nitrogens with one attached hydrogen (secondary N) is 1. The minimum Gasteiger partial charge on any atom is -0.463 e. The van der Waals surface area contributed by atoms with Crippen LogP contribution in [0.15, 0.2) is 29.2 Å². The van der Waals surface area contributed by atoms with Crippen LogP contribution in [0, 0.1) is 0 Å². The van der Waals surface area contributed by atoms with E-state index in [0.29, 0.717) is 5.76 Å². The van der Waals surface area contributed by atoms with Crippen molar-refractivity contribution < 1.29 is 13.9 Å². The van der Waals surface area contributed by atoms with E-state index in [2.05, 4.69) is 16.6 Å². The van der Waals surface area contributed by atoms with Gasteiger partial charge in [0.2, 0.25) is 5.76 Å². The summed E-state index contributed by atoms with van der Waals surface area (Å²) in [5.41, 5.74) is 0. The Morgan fingerprint density at radius 1 is 1.56 bits per heavy atom. The molecule has 0 aliphatic heterocycles. The van der Waals surface area contributed by atoms with E-state index < -0.39 is 5.97 Å². The maximum absolute atomic E-state index is 11.2. The summed E-state index contributed by atoms with van der Waals surface area (Å²) in [4.78, 5) is 11.2. The van der Waals surface area contributed by atoms with Crippen LogP contribution >= 0.6 is 0 Å². The first-order valence-corrected chi connectivity index (χ1v) is 5.15. The van der Waals surface area contributed by atoms with Crippen LogP contribution in [0.25, 0.3) is 0 Å². The number of ether oxygens (including phenoxy) is 1. The zero-order chi connectivity index (χ0) is 12.1. The number of carbonyl (C=O) groups excluding carboxylic acids is 1. The molecule has 1 rings (SSSR count). The fourth-order valence-corrected chi connectivity index (χ4v) is 1.34. The molecule has 0 spiro atoms. The van der Waals surface area contributed by atoms with Crippen molar-refractivity contribution in [3.05, 3.63) is 36.3 Å². The summed E-state index contributed by atoms with van der Waals surface area (Å²) >= 11 is 0. The van der Waals surface area contributed by atoms with Crippen molar-refractivity contribution in [3.63, 3.8) is 0 Å². The van der Waals surface area contributed by atoms with Crippen molar-refractivity contribution in [3.8, 4) is 0 Å². The van der Waals surface area contributed by atoms with Crippen LogP contribution < -0.4 is 5.32 Å². The summed E-state index contributed by atoms with van der Waals surface area (Å²) in [5.74, 6) is 0.460. The molecular formula is C12H17NO3. The second kappa shape index (κ2) is 5.51. The first-order valence-electron chi connectivity index (χ1n) is 5.15. The lowest BCUT2D eigenvalue weighted by Crippen LogP contribution is -2.26. The Labute approximate surface area is 95.3 Å². The van der Waals surface area contributed by atoms with E-state index >= 15 is 0 Å². The molecule has 0 amide bonds. The summed E-state index contributed by atoms with van der Waals surface area (Å²) in [7, 11) is 1.33. The van der Waals surface area contributed by atoms with Crippen LogP contribution in [0.3, 0.4) is 0 Å². The van der Waals surface area contributed by atoms with Crippen molar-refractivity contribution in [2.45, 2.75) is 25.9 Å². The highest BCUT2D eigenvalue weighted by atomic mass is 16.5. The third-order valence-corrected chi connectivity index (χ3v) is 2.31. The summed E-state index contributed by atoms with van der Waals surface area (Å²) in [6, 6.07) is 3.57. The highest BCUT2D eigenvalue weighted by Crippen LogP contribution is 2.17. The normalized spacial score (nSPS) is 14.2. The van der Waals surface area contributed by atoms with Crippen LogP contribution in [0.2, 0.25) is 0 Å². The average molecular weight is 223 g/mol. The first-order chi connectivity index (χ1) is 7.58. The van der Waals surface area contributed by atoms with E-state index in [1.165, 1.54) is 7.11 Å². The summed E-state index contributed by atoms with van der Waals surface area (Å²) in [6.45, 7) is 7.64. The summed E-state index contributed by atoms with van der Waals surface area (Å²) in [6.07, 6.45) is 1.81. The van der Waals surface area contributed by atoms with Gasteiger partial charge in [0.25, 0.3) is 0 Å².